The zero-order valence-electron chi connectivity index (χ0n) is 18.6. The minimum Gasteiger partial charge on any atom is -0.493 e. The van der Waals surface area contributed by atoms with Crippen LogP contribution in [0, 0.1) is 0 Å². The number of halogens is 1. The first-order valence-electron chi connectivity index (χ1n) is 11.3. The second kappa shape index (κ2) is 9.07. The van der Waals surface area contributed by atoms with Gasteiger partial charge in [0.2, 0.25) is 0 Å². The van der Waals surface area contributed by atoms with E-state index in [1.165, 1.54) is 0 Å². The third-order valence-electron chi connectivity index (χ3n) is 6.44. The van der Waals surface area contributed by atoms with Crippen LogP contribution >= 0.6 is 11.6 Å². The Morgan fingerprint density at radius 1 is 1.00 bits per heavy atom. The summed E-state index contributed by atoms with van der Waals surface area (Å²) >= 11 is 6.63. The van der Waals surface area contributed by atoms with E-state index in [1.807, 2.05) is 19.1 Å². The first-order valence-corrected chi connectivity index (χ1v) is 11.7. The van der Waals surface area contributed by atoms with Crippen LogP contribution in [0.4, 0.5) is 0 Å². The fraction of sp³-hybridized carbons (Fsp3) is 0.520. The highest BCUT2D eigenvalue weighted by Crippen LogP contribution is 2.51. The second-order valence-corrected chi connectivity index (χ2v) is 8.74. The average Bonchev–Trinajstić information content (AvgIpc) is 2.76. The highest BCUT2D eigenvalue weighted by atomic mass is 35.5. The fourth-order valence-corrected chi connectivity index (χ4v) is 5.46. The largest absolute Gasteiger partial charge is 0.493 e. The van der Waals surface area contributed by atoms with Crippen LogP contribution in [0.1, 0.15) is 70.3 Å². The molecule has 2 aliphatic carbocycles. The Kier molecular flexibility index (Phi) is 6.42. The van der Waals surface area contributed by atoms with Gasteiger partial charge in [-0.15, -0.1) is 0 Å². The van der Waals surface area contributed by atoms with Crippen LogP contribution in [0.15, 0.2) is 34.7 Å². The number of hydrogen-bond acceptors (Lipinski definition) is 5. The topological polar surface area (TPSA) is 55.8 Å². The molecule has 0 fully saturated rings. The fourth-order valence-electron chi connectivity index (χ4n) is 5.18. The first-order chi connectivity index (χ1) is 15.0. The van der Waals surface area contributed by atoms with Crippen molar-refractivity contribution in [2.45, 2.75) is 64.7 Å². The first kappa shape index (κ1) is 21.9. The molecule has 0 saturated carbocycles. The van der Waals surface area contributed by atoms with Gasteiger partial charge in [-0.25, -0.2) is 0 Å². The number of benzene rings is 1. The number of carbonyl (C=O) groups is 2. The predicted molar refractivity (Wildman–Crippen MR) is 121 cm³/mol. The van der Waals surface area contributed by atoms with E-state index in [1.54, 1.807) is 7.11 Å². The van der Waals surface area contributed by atoms with Gasteiger partial charge >= 0.3 is 0 Å². The van der Waals surface area contributed by atoms with E-state index >= 15 is 0 Å². The molecule has 1 aromatic carbocycles. The maximum atomic E-state index is 13.2. The number of ketones is 2. The van der Waals surface area contributed by atoms with Gasteiger partial charge < -0.3 is 14.4 Å². The van der Waals surface area contributed by atoms with Gasteiger partial charge in [-0.1, -0.05) is 18.5 Å². The molecule has 0 amide bonds. The SMILES string of the molecule is CCCOc1c(Cl)cc(C2C3=C(CCCC3=O)N(CC)C3=C2C(=O)CCC3)cc1OC. The molecule has 0 N–H and O–H groups in total. The lowest BCUT2D eigenvalue weighted by molar-refractivity contribution is -0.117. The van der Waals surface area contributed by atoms with Crippen molar-refractivity contribution < 1.29 is 19.1 Å². The zero-order valence-corrected chi connectivity index (χ0v) is 19.3. The molecule has 0 aromatic heterocycles. The smallest absolute Gasteiger partial charge is 0.179 e. The quantitative estimate of drug-likeness (QED) is 0.575. The van der Waals surface area contributed by atoms with Crippen molar-refractivity contribution in [2.75, 3.05) is 20.3 Å². The van der Waals surface area contributed by atoms with E-state index in [0.717, 1.165) is 66.8 Å². The van der Waals surface area contributed by atoms with Gasteiger partial charge in [0.05, 0.1) is 18.7 Å². The van der Waals surface area contributed by atoms with Crippen LogP contribution in [0.2, 0.25) is 5.02 Å². The summed E-state index contributed by atoms with van der Waals surface area (Å²) < 4.78 is 11.4. The number of Topliss-reactive ketones (excluding diaryl/α,β-unsaturated/α-hetero) is 2. The minimum atomic E-state index is -0.389. The van der Waals surface area contributed by atoms with Crippen molar-refractivity contribution in [1.82, 2.24) is 4.90 Å². The van der Waals surface area contributed by atoms with Gasteiger partial charge in [0.15, 0.2) is 23.1 Å². The minimum absolute atomic E-state index is 0.135. The number of carbonyl (C=O) groups excluding carboxylic acids is 2. The Morgan fingerprint density at radius 3 is 2.13 bits per heavy atom. The number of methoxy groups -OCH3 is 1. The molecule has 0 radical (unpaired) electrons. The van der Waals surface area contributed by atoms with Crippen LogP contribution in [0.25, 0.3) is 0 Å². The number of nitrogens with zero attached hydrogens (tertiary/aromatic N) is 1. The van der Waals surface area contributed by atoms with Gasteiger partial charge in [-0.05, 0) is 56.7 Å². The average molecular weight is 444 g/mol. The highest BCUT2D eigenvalue weighted by Gasteiger charge is 2.43. The molecule has 0 unspecified atom stereocenters. The van der Waals surface area contributed by atoms with E-state index in [0.29, 0.717) is 36.0 Å². The molecule has 0 bridgehead atoms. The summed E-state index contributed by atoms with van der Waals surface area (Å²) in [6.45, 7) is 5.42. The Balaban J connectivity index is 1.92. The third kappa shape index (κ3) is 3.78. The van der Waals surface area contributed by atoms with E-state index in [2.05, 4.69) is 11.8 Å². The van der Waals surface area contributed by atoms with Crippen LogP contribution in [-0.4, -0.2) is 36.7 Å². The Hall–Kier alpha value is -2.27. The summed E-state index contributed by atoms with van der Waals surface area (Å²) in [5, 5.41) is 0.441. The Labute approximate surface area is 189 Å². The van der Waals surface area contributed by atoms with E-state index in [9.17, 15) is 9.59 Å². The molecule has 0 saturated heterocycles. The molecular weight excluding hydrogens is 414 g/mol. The monoisotopic (exact) mass is 443 g/mol. The number of allylic oxidation sites excluding steroid dienone is 4. The lowest BCUT2D eigenvalue weighted by Crippen LogP contribution is -2.39. The molecule has 1 heterocycles. The molecule has 5 nitrogen and oxygen atoms in total. The summed E-state index contributed by atoms with van der Waals surface area (Å²) in [5.74, 6) is 0.922. The Bertz CT molecular complexity index is 934. The van der Waals surface area contributed by atoms with Crippen LogP contribution in [0.5, 0.6) is 11.5 Å². The zero-order chi connectivity index (χ0) is 22.1. The van der Waals surface area contributed by atoms with Gasteiger partial charge in [0.25, 0.3) is 0 Å². The van der Waals surface area contributed by atoms with Crippen molar-refractivity contribution in [2.24, 2.45) is 0 Å². The van der Waals surface area contributed by atoms with Crippen LogP contribution in [-0.2, 0) is 9.59 Å². The lowest BCUT2D eigenvalue weighted by atomic mass is 9.71. The molecule has 6 heteroatoms. The van der Waals surface area contributed by atoms with Gasteiger partial charge in [-0.3, -0.25) is 9.59 Å². The molecule has 0 spiro atoms. The molecule has 3 aliphatic rings. The molecule has 166 valence electrons. The summed E-state index contributed by atoms with van der Waals surface area (Å²) in [6, 6.07) is 3.74. The summed E-state index contributed by atoms with van der Waals surface area (Å²) in [5.41, 5.74) is 4.52. The normalized spacial score (nSPS) is 19.5. The lowest BCUT2D eigenvalue weighted by Gasteiger charge is -2.43. The van der Waals surface area contributed by atoms with E-state index in [-0.39, 0.29) is 17.5 Å². The van der Waals surface area contributed by atoms with Gasteiger partial charge in [0.1, 0.15) is 0 Å². The van der Waals surface area contributed by atoms with Crippen molar-refractivity contribution in [1.29, 1.82) is 0 Å². The predicted octanol–water partition coefficient (Wildman–Crippen LogP) is 5.57. The van der Waals surface area contributed by atoms with Crippen LogP contribution in [0.3, 0.4) is 0 Å². The maximum Gasteiger partial charge on any atom is 0.179 e. The van der Waals surface area contributed by atoms with Gasteiger partial charge in [0, 0.05) is 47.8 Å². The second-order valence-electron chi connectivity index (χ2n) is 8.33. The van der Waals surface area contributed by atoms with Crippen molar-refractivity contribution >= 4 is 23.2 Å². The molecule has 0 atom stereocenters. The van der Waals surface area contributed by atoms with E-state index < -0.39 is 0 Å². The Morgan fingerprint density at radius 2 is 1.61 bits per heavy atom. The molecule has 4 rings (SSSR count). The molecular formula is C25H30ClNO4. The van der Waals surface area contributed by atoms with Crippen molar-refractivity contribution in [3.63, 3.8) is 0 Å². The third-order valence-corrected chi connectivity index (χ3v) is 6.72. The highest BCUT2D eigenvalue weighted by molar-refractivity contribution is 6.32. The number of rotatable bonds is 6. The standard InChI is InChI=1S/C25H30ClNO4/c1-4-12-31-25-16(26)13-15(14-21(25)30-3)22-23-17(8-6-10-19(23)28)27(5-2)18-9-7-11-20(29)24(18)22/h13-14,22H,4-12H2,1-3H3. The summed E-state index contributed by atoms with van der Waals surface area (Å²) in [7, 11) is 1.58. The number of ether oxygens (including phenoxy) is 2. The number of hydrogen-bond donors (Lipinski definition) is 0. The van der Waals surface area contributed by atoms with Crippen molar-refractivity contribution in [3.05, 3.63) is 45.3 Å². The van der Waals surface area contributed by atoms with E-state index in [4.69, 9.17) is 21.1 Å². The summed E-state index contributed by atoms with van der Waals surface area (Å²) in [4.78, 5) is 28.6. The molecule has 1 aromatic rings. The van der Waals surface area contributed by atoms with Crippen LogP contribution < -0.4 is 9.47 Å². The maximum absolute atomic E-state index is 13.2. The van der Waals surface area contributed by atoms with Crippen molar-refractivity contribution in [3.8, 4) is 11.5 Å². The summed E-state index contributed by atoms with van der Waals surface area (Å²) in [6.07, 6.45) is 5.32. The molecule has 1 aliphatic heterocycles. The molecule has 31 heavy (non-hydrogen) atoms. The van der Waals surface area contributed by atoms with Gasteiger partial charge in [-0.2, -0.15) is 0 Å².